The van der Waals surface area contributed by atoms with Crippen molar-refractivity contribution in [3.8, 4) is 0 Å². The third-order valence-electron chi connectivity index (χ3n) is 2.17. The Morgan fingerprint density at radius 3 is 2.88 bits per heavy atom. The number of carbonyl (C=O) groups excluding carboxylic acids is 1. The Balaban J connectivity index is 2.24. The number of halogens is 2. The van der Waals surface area contributed by atoms with Crippen molar-refractivity contribution in [1.29, 1.82) is 0 Å². The molecule has 2 aromatic rings. The van der Waals surface area contributed by atoms with Crippen molar-refractivity contribution >= 4 is 21.7 Å². The van der Waals surface area contributed by atoms with E-state index < -0.39 is 5.82 Å². The van der Waals surface area contributed by atoms with E-state index in [0.717, 1.165) is 5.56 Å². The van der Waals surface area contributed by atoms with Crippen molar-refractivity contribution in [3.63, 3.8) is 0 Å². The molecule has 0 bridgehead atoms. The number of furan rings is 1. The van der Waals surface area contributed by atoms with Gasteiger partial charge < -0.3 is 4.42 Å². The van der Waals surface area contributed by atoms with Crippen molar-refractivity contribution in [3.05, 3.63) is 58.2 Å². The number of carbonyl (C=O) groups is 1. The van der Waals surface area contributed by atoms with Crippen LogP contribution in [-0.4, -0.2) is 5.78 Å². The normalized spacial score (nSPS) is 10.4. The lowest BCUT2D eigenvalue weighted by Crippen LogP contribution is -2.04. The van der Waals surface area contributed by atoms with E-state index in [2.05, 4.69) is 15.9 Å². The molecule has 0 radical (unpaired) electrons. The summed E-state index contributed by atoms with van der Waals surface area (Å²) >= 11 is 3.22. The molecule has 0 unspecified atom stereocenters. The Kier molecular flexibility index (Phi) is 3.19. The maximum atomic E-state index is 13.0. The van der Waals surface area contributed by atoms with Gasteiger partial charge in [-0.15, -0.1) is 0 Å². The van der Waals surface area contributed by atoms with Crippen LogP contribution in [-0.2, 0) is 6.42 Å². The summed E-state index contributed by atoms with van der Waals surface area (Å²) in [6.45, 7) is 0. The number of hydrogen-bond acceptors (Lipinski definition) is 2. The molecule has 0 fully saturated rings. The van der Waals surface area contributed by atoms with Gasteiger partial charge in [0.1, 0.15) is 5.82 Å². The SMILES string of the molecule is O=C(Cc1ccoc1)c1cc(F)ccc1Br. The fraction of sp³-hybridized carbons (Fsp3) is 0.0833. The Morgan fingerprint density at radius 1 is 1.38 bits per heavy atom. The second kappa shape index (κ2) is 4.61. The summed E-state index contributed by atoms with van der Waals surface area (Å²) < 4.78 is 18.5. The fourth-order valence-corrected chi connectivity index (χ4v) is 1.85. The van der Waals surface area contributed by atoms with E-state index in [0.29, 0.717) is 10.0 Å². The van der Waals surface area contributed by atoms with E-state index in [1.807, 2.05) is 0 Å². The zero-order chi connectivity index (χ0) is 11.5. The molecule has 0 spiro atoms. The van der Waals surface area contributed by atoms with Crippen molar-refractivity contribution in [2.45, 2.75) is 6.42 Å². The molecule has 0 atom stereocenters. The molecule has 4 heteroatoms. The monoisotopic (exact) mass is 282 g/mol. The molecule has 2 nitrogen and oxygen atoms in total. The van der Waals surface area contributed by atoms with Crippen LogP contribution in [0, 0.1) is 5.82 Å². The summed E-state index contributed by atoms with van der Waals surface area (Å²) in [5.41, 5.74) is 1.13. The van der Waals surface area contributed by atoms with E-state index in [-0.39, 0.29) is 12.2 Å². The summed E-state index contributed by atoms with van der Waals surface area (Å²) in [6.07, 6.45) is 3.22. The van der Waals surface area contributed by atoms with Crippen LogP contribution in [0.25, 0.3) is 0 Å². The molecule has 1 aromatic heterocycles. The molecule has 82 valence electrons. The molecule has 0 saturated heterocycles. The predicted molar refractivity (Wildman–Crippen MR) is 60.8 cm³/mol. The first kappa shape index (κ1) is 11.1. The topological polar surface area (TPSA) is 30.2 Å². The standard InChI is InChI=1S/C12H8BrFO2/c13-11-2-1-9(14)6-10(11)12(15)5-8-3-4-16-7-8/h1-4,6-7H,5H2. The lowest BCUT2D eigenvalue weighted by atomic mass is 10.1. The minimum atomic E-state index is -0.418. The van der Waals surface area contributed by atoms with E-state index >= 15 is 0 Å². The number of Topliss-reactive ketones (excluding diaryl/α,β-unsaturated/α-hetero) is 1. The largest absolute Gasteiger partial charge is 0.472 e. The zero-order valence-corrected chi connectivity index (χ0v) is 9.83. The number of rotatable bonds is 3. The van der Waals surface area contributed by atoms with Crippen LogP contribution in [0.1, 0.15) is 15.9 Å². The summed E-state index contributed by atoms with van der Waals surface area (Å²) in [5, 5.41) is 0. The molecular formula is C12H8BrFO2. The van der Waals surface area contributed by atoms with Gasteiger partial charge in [0.2, 0.25) is 0 Å². The Hall–Kier alpha value is -1.42. The van der Waals surface area contributed by atoms with E-state index in [1.165, 1.54) is 30.7 Å². The lowest BCUT2D eigenvalue weighted by Gasteiger charge is -2.02. The molecule has 0 N–H and O–H groups in total. The highest BCUT2D eigenvalue weighted by Crippen LogP contribution is 2.20. The van der Waals surface area contributed by atoms with E-state index in [4.69, 9.17) is 4.42 Å². The van der Waals surface area contributed by atoms with Crippen LogP contribution < -0.4 is 0 Å². The van der Waals surface area contributed by atoms with E-state index in [1.54, 1.807) is 6.07 Å². The third kappa shape index (κ3) is 2.39. The highest BCUT2D eigenvalue weighted by Gasteiger charge is 2.12. The van der Waals surface area contributed by atoms with Gasteiger partial charge in [-0.05, 0) is 29.8 Å². The predicted octanol–water partition coefficient (Wildman–Crippen LogP) is 3.61. The van der Waals surface area contributed by atoms with Crippen LogP contribution in [0.5, 0.6) is 0 Å². The minimum Gasteiger partial charge on any atom is -0.472 e. The summed E-state index contributed by atoms with van der Waals surface area (Å²) in [7, 11) is 0. The molecule has 16 heavy (non-hydrogen) atoms. The summed E-state index contributed by atoms with van der Waals surface area (Å²) in [4.78, 5) is 11.8. The van der Waals surface area contributed by atoms with Crippen molar-refractivity contribution in [1.82, 2.24) is 0 Å². The average Bonchev–Trinajstić information content (AvgIpc) is 2.74. The first-order valence-electron chi connectivity index (χ1n) is 4.66. The van der Waals surface area contributed by atoms with Gasteiger partial charge in [0.15, 0.2) is 5.78 Å². The van der Waals surface area contributed by atoms with Crippen LogP contribution in [0.2, 0.25) is 0 Å². The van der Waals surface area contributed by atoms with Gasteiger partial charge in [0.25, 0.3) is 0 Å². The molecule has 0 saturated carbocycles. The summed E-state index contributed by atoms with van der Waals surface area (Å²) in [5.74, 6) is -0.563. The maximum Gasteiger partial charge on any atom is 0.168 e. The molecule has 0 amide bonds. The van der Waals surface area contributed by atoms with Crippen molar-refractivity contribution in [2.75, 3.05) is 0 Å². The van der Waals surface area contributed by atoms with Gasteiger partial charge in [0.05, 0.1) is 12.5 Å². The number of ketones is 1. The maximum absolute atomic E-state index is 13.0. The molecule has 2 rings (SSSR count). The summed E-state index contributed by atoms with van der Waals surface area (Å²) in [6, 6.07) is 5.77. The van der Waals surface area contributed by atoms with Crippen LogP contribution in [0.4, 0.5) is 4.39 Å². The highest BCUT2D eigenvalue weighted by atomic mass is 79.9. The zero-order valence-electron chi connectivity index (χ0n) is 8.24. The fourth-order valence-electron chi connectivity index (χ4n) is 1.39. The smallest absolute Gasteiger partial charge is 0.168 e. The van der Waals surface area contributed by atoms with E-state index in [9.17, 15) is 9.18 Å². The minimum absolute atomic E-state index is 0.146. The Labute approximate surface area is 100 Å². The number of benzene rings is 1. The molecule has 0 aliphatic carbocycles. The van der Waals surface area contributed by atoms with Crippen LogP contribution >= 0.6 is 15.9 Å². The number of hydrogen-bond donors (Lipinski definition) is 0. The second-order valence-electron chi connectivity index (χ2n) is 3.36. The quantitative estimate of drug-likeness (QED) is 0.805. The van der Waals surface area contributed by atoms with Gasteiger partial charge in [-0.1, -0.05) is 15.9 Å². The van der Waals surface area contributed by atoms with Crippen LogP contribution in [0.3, 0.4) is 0 Å². The molecule has 1 aromatic carbocycles. The Morgan fingerprint density at radius 2 is 2.19 bits per heavy atom. The molecule has 0 aliphatic rings. The molecule has 0 aliphatic heterocycles. The van der Waals surface area contributed by atoms with Crippen LogP contribution in [0.15, 0.2) is 45.7 Å². The highest BCUT2D eigenvalue weighted by molar-refractivity contribution is 9.10. The first-order chi connectivity index (χ1) is 7.66. The van der Waals surface area contributed by atoms with Crippen molar-refractivity contribution in [2.24, 2.45) is 0 Å². The first-order valence-corrected chi connectivity index (χ1v) is 5.45. The Bertz CT molecular complexity index is 506. The van der Waals surface area contributed by atoms with Gasteiger partial charge in [-0.3, -0.25) is 4.79 Å². The molecule has 1 heterocycles. The average molecular weight is 283 g/mol. The van der Waals surface area contributed by atoms with Gasteiger partial charge >= 0.3 is 0 Å². The van der Waals surface area contributed by atoms with Crippen molar-refractivity contribution < 1.29 is 13.6 Å². The molecular weight excluding hydrogens is 275 g/mol. The lowest BCUT2D eigenvalue weighted by molar-refractivity contribution is 0.0991. The van der Waals surface area contributed by atoms with Gasteiger partial charge in [-0.2, -0.15) is 0 Å². The van der Waals surface area contributed by atoms with Gasteiger partial charge in [-0.25, -0.2) is 4.39 Å². The third-order valence-corrected chi connectivity index (χ3v) is 2.87. The van der Waals surface area contributed by atoms with Gasteiger partial charge in [0, 0.05) is 16.5 Å². The second-order valence-corrected chi connectivity index (χ2v) is 4.21.